The summed E-state index contributed by atoms with van der Waals surface area (Å²) in [5.41, 5.74) is 1.97. The topological polar surface area (TPSA) is 80.5 Å². The van der Waals surface area contributed by atoms with E-state index in [2.05, 4.69) is 0 Å². The smallest absolute Gasteiger partial charge is 0.258 e. The van der Waals surface area contributed by atoms with Crippen molar-refractivity contribution in [2.75, 3.05) is 13.1 Å². The molecule has 0 unspecified atom stereocenters. The van der Waals surface area contributed by atoms with Gasteiger partial charge in [-0.05, 0) is 26.0 Å². The molecule has 19 heavy (non-hydrogen) atoms. The average molecular weight is 282 g/mol. The van der Waals surface area contributed by atoms with Crippen LogP contribution in [0.15, 0.2) is 40.3 Å². The van der Waals surface area contributed by atoms with E-state index in [1.54, 1.807) is 0 Å². The molecule has 0 spiro atoms. The van der Waals surface area contributed by atoms with Gasteiger partial charge in [0.2, 0.25) is 10.0 Å². The van der Waals surface area contributed by atoms with Crippen LogP contribution in [0.25, 0.3) is 0 Å². The van der Waals surface area contributed by atoms with Gasteiger partial charge in [-0.1, -0.05) is 11.1 Å². The largest absolute Gasteiger partial charge is 0.269 e. The van der Waals surface area contributed by atoms with E-state index in [4.69, 9.17) is 0 Å². The summed E-state index contributed by atoms with van der Waals surface area (Å²) in [4.78, 5) is 10.1. The predicted octanol–water partition coefficient (Wildman–Crippen LogP) is 1.94. The highest BCUT2D eigenvalue weighted by Crippen LogP contribution is 2.25. The summed E-state index contributed by atoms with van der Waals surface area (Å²) >= 11 is 0. The number of nitro groups is 1. The van der Waals surface area contributed by atoms with Gasteiger partial charge in [-0.3, -0.25) is 10.1 Å². The van der Waals surface area contributed by atoms with Crippen LogP contribution in [0.2, 0.25) is 0 Å². The third kappa shape index (κ3) is 2.52. The zero-order valence-electron chi connectivity index (χ0n) is 10.7. The van der Waals surface area contributed by atoms with Gasteiger partial charge in [0.1, 0.15) is 0 Å². The van der Waals surface area contributed by atoms with Gasteiger partial charge in [0, 0.05) is 25.2 Å². The maximum atomic E-state index is 12.3. The Balaban J connectivity index is 2.29. The number of non-ortho nitro benzene ring substituents is 1. The zero-order chi connectivity index (χ0) is 14.2. The number of sulfonamides is 1. The van der Waals surface area contributed by atoms with Crippen LogP contribution in [-0.4, -0.2) is 30.7 Å². The highest BCUT2D eigenvalue weighted by Gasteiger charge is 2.29. The molecule has 0 bridgehead atoms. The third-order valence-corrected chi connectivity index (χ3v) is 5.05. The van der Waals surface area contributed by atoms with Gasteiger partial charge in [-0.25, -0.2) is 8.42 Å². The van der Waals surface area contributed by atoms with Gasteiger partial charge >= 0.3 is 0 Å². The Bertz CT molecular complexity index is 633. The van der Waals surface area contributed by atoms with E-state index in [-0.39, 0.29) is 10.6 Å². The summed E-state index contributed by atoms with van der Waals surface area (Å²) in [6, 6.07) is 4.96. The van der Waals surface area contributed by atoms with E-state index >= 15 is 0 Å². The first-order chi connectivity index (χ1) is 8.82. The van der Waals surface area contributed by atoms with Crippen LogP contribution in [0.4, 0.5) is 5.69 Å². The fraction of sp³-hybridized carbons (Fsp3) is 0.333. The highest BCUT2D eigenvalue weighted by molar-refractivity contribution is 7.89. The average Bonchev–Trinajstić information content (AvgIpc) is 2.70. The van der Waals surface area contributed by atoms with Crippen molar-refractivity contribution in [2.45, 2.75) is 18.7 Å². The predicted molar refractivity (Wildman–Crippen MR) is 70.2 cm³/mol. The molecular weight excluding hydrogens is 268 g/mol. The number of nitro benzene ring substituents is 1. The molecule has 0 radical (unpaired) electrons. The molecule has 7 heteroatoms. The molecular formula is C12H14N2O4S. The molecule has 1 aliphatic rings. The van der Waals surface area contributed by atoms with Crippen LogP contribution in [0, 0.1) is 10.1 Å². The summed E-state index contributed by atoms with van der Waals surface area (Å²) in [6.45, 7) is 4.57. The first-order valence-corrected chi connectivity index (χ1v) is 7.16. The highest BCUT2D eigenvalue weighted by atomic mass is 32.2. The van der Waals surface area contributed by atoms with Crippen molar-refractivity contribution < 1.29 is 13.3 Å². The van der Waals surface area contributed by atoms with Crippen LogP contribution in [-0.2, 0) is 10.0 Å². The van der Waals surface area contributed by atoms with E-state index in [0.29, 0.717) is 13.1 Å². The van der Waals surface area contributed by atoms with Crippen molar-refractivity contribution in [3.8, 4) is 0 Å². The van der Waals surface area contributed by atoms with E-state index in [0.717, 1.165) is 11.1 Å². The van der Waals surface area contributed by atoms with Gasteiger partial charge in [-0.2, -0.15) is 4.31 Å². The Hall–Kier alpha value is -1.73. The van der Waals surface area contributed by atoms with Crippen LogP contribution in [0.5, 0.6) is 0 Å². The summed E-state index contributed by atoms with van der Waals surface area (Å²) in [5, 5.41) is 10.5. The second-order valence-corrected chi connectivity index (χ2v) is 6.52. The number of benzene rings is 1. The zero-order valence-corrected chi connectivity index (χ0v) is 11.5. The molecule has 0 atom stereocenters. The molecule has 0 aromatic heterocycles. The van der Waals surface area contributed by atoms with Crippen LogP contribution >= 0.6 is 0 Å². The molecule has 1 aromatic rings. The quantitative estimate of drug-likeness (QED) is 0.482. The Kier molecular flexibility index (Phi) is 3.42. The standard InChI is InChI=1S/C12H14N2O4S/c1-9-7-13(8-10(9)2)19(17,18)12-5-3-11(4-6-12)14(15)16/h3-6H,7-8H2,1-2H3. The van der Waals surface area contributed by atoms with Crippen molar-refractivity contribution in [2.24, 2.45) is 0 Å². The molecule has 1 heterocycles. The maximum Gasteiger partial charge on any atom is 0.269 e. The summed E-state index contributed by atoms with van der Waals surface area (Å²) in [5.74, 6) is 0. The van der Waals surface area contributed by atoms with Crippen LogP contribution < -0.4 is 0 Å². The maximum absolute atomic E-state index is 12.3. The first kappa shape index (κ1) is 13.7. The van der Waals surface area contributed by atoms with Crippen LogP contribution in [0.3, 0.4) is 0 Å². The normalized spacial score (nSPS) is 16.9. The van der Waals surface area contributed by atoms with Crippen molar-refractivity contribution in [1.29, 1.82) is 0 Å². The Labute approximate surface area is 111 Å². The number of rotatable bonds is 3. The van der Waals surface area contributed by atoms with Crippen molar-refractivity contribution >= 4 is 15.7 Å². The second-order valence-electron chi connectivity index (χ2n) is 4.58. The van der Waals surface area contributed by atoms with Crippen molar-refractivity contribution in [3.05, 3.63) is 45.5 Å². The molecule has 0 saturated carbocycles. The summed E-state index contributed by atoms with van der Waals surface area (Å²) < 4.78 is 26.0. The first-order valence-electron chi connectivity index (χ1n) is 5.72. The van der Waals surface area contributed by atoms with E-state index in [9.17, 15) is 18.5 Å². The van der Waals surface area contributed by atoms with E-state index < -0.39 is 14.9 Å². The molecule has 0 fully saturated rings. The molecule has 6 nitrogen and oxygen atoms in total. The fourth-order valence-electron chi connectivity index (χ4n) is 1.91. The molecule has 0 saturated heterocycles. The lowest BCUT2D eigenvalue weighted by atomic mass is 10.2. The lowest BCUT2D eigenvalue weighted by Gasteiger charge is -2.16. The molecule has 1 aliphatic heterocycles. The van der Waals surface area contributed by atoms with E-state index in [1.807, 2.05) is 13.8 Å². The Morgan fingerprint density at radius 2 is 1.58 bits per heavy atom. The fourth-order valence-corrected chi connectivity index (χ4v) is 3.42. The monoisotopic (exact) mass is 282 g/mol. The van der Waals surface area contributed by atoms with Gasteiger partial charge in [-0.15, -0.1) is 0 Å². The van der Waals surface area contributed by atoms with Gasteiger partial charge in [0.05, 0.1) is 9.82 Å². The van der Waals surface area contributed by atoms with Crippen molar-refractivity contribution in [1.82, 2.24) is 4.31 Å². The minimum Gasteiger partial charge on any atom is -0.258 e. The molecule has 102 valence electrons. The SMILES string of the molecule is CC1=C(C)CN(S(=O)(=O)c2ccc([N+](=O)[O-])cc2)C1. The van der Waals surface area contributed by atoms with Gasteiger partial charge in [0.15, 0.2) is 0 Å². The molecule has 1 aromatic carbocycles. The summed E-state index contributed by atoms with van der Waals surface area (Å²) in [7, 11) is -3.58. The summed E-state index contributed by atoms with van der Waals surface area (Å²) in [6.07, 6.45) is 0. The Morgan fingerprint density at radius 3 is 2.00 bits per heavy atom. The molecule has 2 rings (SSSR count). The lowest BCUT2D eigenvalue weighted by molar-refractivity contribution is -0.384. The number of hydrogen-bond donors (Lipinski definition) is 0. The number of nitrogens with zero attached hydrogens (tertiary/aromatic N) is 2. The lowest BCUT2D eigenvalue weighted by Crippen LogP contribution is -2.29. The van der Waals surface area contributed by atoms with Gasteiger partial charge in [0.25, 0.3) is 5.69 Å². The van der Waals surface area contributed by atoms with E-state index in [1.165, 1.54) is 28.6 Å². The van der Waals surface area contributed by atoms with Gasteiger partial charge < -0.3 is 0 Å². The number of hydrogen-bond acceptors (Lipinski definition) is 4. The third-order valence-electron chi connectivity index (χ3n) is 3.24. The molecule has 0 amide bonds. The molecule has 0 N–H and O–H groups in total. The minimum atomic E-state index is -3.58. The van der Waals surface area contributed by atoms with Crippen molar-refractivity contribution in [3.63, 3.8) is 0 Å². The second kappa shape index (κ2) is 4.75. The van der Waals surface area contributed by atoms with Crippen LogP contribution in [0.1, 0.15) is 13.8 Å². The molecule has 0 aliphatic carbocycles. The minimum absolute atomic E-state index is 0.0839. The Morgan fingerprint density at radius 1 is 1.11 bits per heavy atom.